The highest BCUT2D eigenvalue weighted by molar-refractivity contribution is 5.79. The lowest BCUT2D eigenvalue weighted by atomic mass is 10.1. The fourth-order valence-electron chi connectivity index (χ4n) is 4.15. The van der Waals surface area contributed by atoms with Gasteiger partial charge in [0.2, 0.25) is 0 Å². The van der Waals surface area contributed by atoms with Crippen molar-refractivity contribution < 1.29 is 9.26 Å². The van der Waals surface area contributed by atoms with E-state index in [1.165, 1.54) is 11.1 Å². The smallest absolute Gasteiger partial charge is 0.191 e. The van der Waals surface area contributed by atoms with Gasteiger partial charge in [0.15, 0.2) is 5.96 Å². The summed E-state index contributed by atoms with van der Waals surface area (Å²) in [4.78, 5) is 6.82. The Kier molecular flexibility index (Phi) is 8.49. The van der Waals surface area contributed by atoms with Crippen molar-refractivity contribution in [2.75, 3.05) is 20.1 Å². The van der Waals surface area contributed by atoms with Crippen LogP contribution in [0, 0.1) is 0 Å². The Hall–Kier alpha value is -2.38. The van der Waals surface area contributed by atoms with Crippen LogP contribution >= 0.6 is 0 Å². The zero-order valence-corrected chi connectivity index (χ0v) is 19.6. The summed E-state index contributed by atoms with van der Waals surface area (Å²) < 4.78 is 11.3. The molecule has 1 aliphatic rings. The molecule has 0 bridgehead atoms. The molecular weight excluding hydrogens is 390 g/mol. The molecular formula is C24H37N5O2. The van der Waals surface area contributed by atoms with Crippen LogP contribution in [-0.2, 0) is 37.2 Å². The predicted octanol–water partition coefficient (Wildman–Crippen LogP) is 3.27. The number of aromatic nitrogens is 1. The number of hydrogen-bond acceptors (Lipinski definition) is 5. The predicted molar refractivity (Wildman–Crippen MR) is 124 cm³/mol. The molecule has 0 aliphatic carbocycles. The molecule has 31 heavy (non-hydrogen) atoms. The number of nitrogens with zero attached hydrogens (tertiary/aromatic N) is 3. The lowest BCUT2D eigenvalue weighted by molar-refractivity contribution is -0.0704. The van der Waals surface area contributed by atoms with Crippen molar-refractivity contribution in [1.29, 1.82) is 0 Å². The summed E-state index contributed by atoms with van der Waals surface area (Å²) in [5, 5.41) is 11.0. The monoisotopic (exact) mass is 427 g/mol. The Morgan fingerprint density at radius 3 is 2.29 bits per heavy atom. The van der Waals surface area contributed by atoms with Crippen LogP contribution in [0.2, 0.25) is 0 Å². The van der Waals surface area contributed by atoms with E-state index >= 15 is 0 Å². The van der Waals surface area contributed by atoms with Gasteiger partial charge in [0, 0.05) is 51.8 Å². The van der Waals surface area contributed by atoms with Gasteiger partial charge in [0.25, 0.3) is 0 Å². The summed E-state index contributed by atoms with van der Waals surface area (Å²) in [5.41, 5.74) is 4.71. The normalized spacial score (nSPS) is 20.1. The van der Waals surface area contributed by atoms with E-state index in [2.05, 4.69) is 77.6 Å². The number of ether oxygens (including phenoxy) is 1. The molecule has 2 heterocycles. The van der Waals surface area contributed by atoms with Crippen LogP contribution in [0.1, 0.15) is 55.8 Å². The van der Waals surface area contributed by atoms with Crippen LogP contribution < -0.4 is 10.6 Å². The van der Waals surface area contributed by atoms with E-state index in [0.29, 0.717) is 18.8 Å². The van der Waals surface area contributed by atoms with Crippen molar-refractivity contribution in [1.82, 2.24) is 20.7 Å². The average molecular weight is 428 g/mol. The molecule has 2 atom stereocenters. The first-order valence-corrected chi connectivity index (χ1v) is 11.4. The number of aryl methyl sites for hydroxylation is 2. The molecule has 0 radical (unpaired) electrons. The van der Waals surface area contributed by atoms with Gasteiger partial charge in [-0.3, -0.25) is 9.89 Å². The van der Waals surface area contributed by atoms with E-state index in [1.807, 2.05) is 0 Å². The molecule has 1 saturated heterocycles. The van der Waals surface area contributed by atoms with Crippen LogP contribution in [0.15, 0.2) is 33.8 Å². The molecule has 1 aromatic carbocycles. The molecule has 2 N–H and O–H groups in total. The van der Waals surface area contributed by atoms with Crippen LogP contribution in [-0.4, -0.2) is 48.4 Å². The summed E-state index contributed by atoms with van der Waals surface area (Å²) >= 11 is 0. The summed E-state index contributed by atoms with van der Waals surface area (Å²) in [5.74, 6) is 1.71. The minimum absolute atomic E-state index is 0.297. The third-order valence-corrected chi connectivity index (χ3v) is 5.65. The van der Waals surface area contributed by atoms with Gasteiger partial charge in [-0.15, -0.1) is 0 Å². The van der Waals surface area contributed by atoms with Crippen molar-refractivity contribution in [3.8, 4) is 0 Å². The van der Waals surface area contributed by atoms with Gasteiger partial charge >= 0.3 is 0 Å². The number of aliphatic imine (C=N–C) groups is 1. The van der Waals surface area contributed by atoms with Crippen LogP contribution in [0.5, 0.6) is 0 Å². The number of nitrogens with one attached hydrogen (secondary N) is 2. The maximum absolute atomic E-state index is 5.83. The highest BCUT2D eigenvalue weighted by atomic mass is 16.5. The molecule has 1 aliphatic heterocycles. The van der Waals surface area contributed by atoms with E-state index in [4.69, 9.17) is 9.26 Å². The lowest BCUT2D eigenvalue weighted by Gasteiger charge is -2.35. The summed E-state index contributed by atoms with van der Waals surface area (Å²) in [7, 11) is 1.79. The third-order valence-electron chi connectivity index (χ3n) is 5.65. The second kappa shape index (κ2) is 11.3. The van der Waals surface area contributed by atoms with E-state index in [9.17, 15) is 0 Å². The van der Waals surface area contributed by atoms with Crippen LogP contribution in [0.25, 0.3) is 0 Å². The molecule has 7 nitrogen and oxygen atoms in total. The Bertz CT molecular complexity index is 815. The lowest BCUT2D eigenvalue weighted by Crippen LogP contribution is -2.44. The Balaban J connectivity index is 1.49. The summed E-state index contributed by atoms with van der Waals surface area (Å²) in [6.45, 7) is 12.8. The van der Waals surface area contributed by atoms with Gasteiger partial charge < -0.3 is 19.9 Å². The largest absolute Gasteiger partial charge is 0.373 e. The Morgan fingerprint density at radius 1 is 1.03 bits per heavy atom. The topological polar surface area (TPSA) is 74.9 Å². The first-order chi connectivity index (χ1) is 15.0. The quantitative estimate of drug-likeness (QED) is 0.498. The number of guanidine groups is 1. The van der Waals surface area contributed by atoms with E-state index in [0.717, 1.165) is 62.0 Å². The van der Waals surface area contributed by atoms with E-state index < -0.39 is 0 Å². The van der Waals surface area contributed by atoms with Crippen LogP contribution in [0.4, 0.5) is 0 Å². The van der Waals surface area contributed by atoms with Crippen LogP contribution in [0.3, 0.4) is 0 Å². The third kappa shape index (κ3) is 6.55. The molecule has 2 unspecified atom stereocenters. The minimum atomic E-state index is 0.297. The SMILES string of the molecule is CCc1noc(CC)c1CNC(=NC)NCc1ccc(CN2CC(C)OC(C)C2)cc1. The second-order valence-corrected chi connectivity index (χ2v) is 8.29. The van der Waals surface area contributed by atoms with Crippen molar-refractivity contribution >= 4 is 5.96 Å². The van der Waals surface area contributed by atoms with Gasteiger partial charge in [0.1, 0.15) is 5.76 Å². The molecule has 7 heteroatoms. The zero-order valence-electron chi connectivity index (χ0n) is 19.6. The first-order valence-electron chi connectivity index (χ1n) is 11.4. The fraction of sp³-hybridized carbons (Fsp3) is 0.583. The van der Waals surface area contributed by atoms with E-state index in [-0.39, 0.29) is 0 Å². The van der Waals surface area contributed by atoms with Crippen molar-refractivity contribution in [2.45, 2.75) is 72.4 Å². The molecule has 1 aromatic heterocycles. The molecule has 2 aromatic rings. The Labute approximate surface area is 186 Å². The minimum Gasteiger partial charge on any atom is -0.373 e. The molecule has 3 rings (SSSR count). The molecule has 0 amide bonds. The summed E-state index contributed by atoms with van der Waals surface area (Å²) in [6, 6.07) is 8.81. The van der Waals surface area contributed by atoms with Crippen molar-refractivity contribution in [3.05, 3.63) is 52.4 Å². The van der Waals surface area contributed by atoms with Gasteiger partial charge in [0.05, 0.1) is 17.9 Å². The molecule has 0 spiro atoms. The molecule has 0 saturated carbocycles. The maximum atomic E-state index is 5.83. The average Bonchev–Trinajstić information content (AvgIpc) is 3.16. The van der Waals surface area contributed by atoms with Gasteiger partial charge in [-0.2, -0.15) is 0 Å². The second-order valence-electron chi connectivity index (χ2n) is 8.29. The van der Waals surface area contributed by atoms with Crippen molar-refractivity contribution in [3.63, 3.8) is 0 Å². The Morgan fingerprint density at radius 2 is 1.68 bits per heavy atom. The van der Waals surface area contributed by atoms with Gasteiger partial charge in [-0.25, -0.2) is 0 Å². The first kappa shape index (κ1) is 23.3. The highest BCUT2D eigenvalue weighted by Gasteiger charge is 2.22. The summed E-state index contributed by atoms with van der Waals surface area (Å²) in [6.07, 6.45) is 2.29. The van der Waals surface area contributed by atoms with Gasteiger partial charge in [-0.05, 0) is 31.4 Å². The number of benzene rings is 1. The fourth-order valence-corrected chi connectivity index (χ4v) is 4.15. The number of morpholine rings is 1. The maximum Gasteiger partial charge on any atom is 0.191 e. The van der Waals surface area contributed by atoms with E-state index in [1.54, 1.807) is 7.05 Å². The highest BCUT2D eigenvalue weighted by Crippen LogP contribution is 2.16. The number of rotatable bonds is 8. The molecule has 170 valence electrons. The van der Waals surface area contributed by atoms with Crippen molar-refractivity contribution in [2.24, 2.45) is 4.99 Å². The molecule has 1 fully saturated rings. The van der Waals surface area contributed by atoms with Gasteiger partial charge in [-0.1, -0.05) is 43.3 Å². The zero-order chi connectivity index (χ0) is 22.2. The number of hydrogen-bond donors (Lipinski definition) is 2. The standard InChI is InChI=1S/C24H37N5O2/c1-6-22-21(23(7-2)31-28-22)13-27-24(25-5)26-12-19-8-10-20(11-9-19)16-29-14-17(3)30-18(4)15-29/h8-11,17-18H,6-7,12-16H2,1-5H3,(H2,25,26,27).